The molecule has 0 aliphatic rings. The average molecular weight is 279 g/mol. The van der Waals surface area contributed by atoms with Crippen molar-refractivity contribution in [2.75, 3.05) is 6.61 Å². The summed E-state index contributed by atoms with van der Waals surface area (Å²) in [6, 6.07) is 5.67. The molecular weight excluding hydrogens is 262 g/mol. The number of aromatic nitrogens is 1. The Morgan fingerprint density at radius 3 is 2.68 bits per heavy atom. The first-order chi connectivity index (χ1) is 8.83. The molecule has 0 bridgehead atoms. The molecule has 1 heterocycles. The van der Waals surface area contributed by atoms with Crippen LogP contribution in [0, 0.1) is 21.4 Å². The molecule has 0 aliphatic carbocycles. The topological polar surface area (TPSA) is 89.0 Å². The summed E-state index contributed by atoms with van der Waals surface area (Å²) in [5, 5.41) is 19.4. The third-order valence-corrected chi connectivity index (χ3v) is 4.17. The van der Waals surface area contributed by atoms with Crippen molar-refractivity contribution >= 4 is 13.8 Å². The number of nitriles is 1. The number of nitro groups is 1. The van der Waals surface area contributed by atoms with Crippen molar-refractivity contribution in [3.05, 3.63) is 27.9 Å². The first-order valence-electron chi connectivity index (χ1n) is 5.97. The van der Waals surface area contributed by atoms with E-state index in [-0.39, 0.29) is 17.8 Å². The highest BCUT2D eigenvalue weighted by atomic mass is 28.3. The molecule has 102 valence electrons. The van der Waals surface area contributed by atoms with Crippen LogP contribution in [0.3, 0.4) is 0 Å². The molecule has 0 unspecified atom stereocenters. The number of pyridine rings is 1. The molecular formula is C12H17N3O3Si. The summed E-state index contributed by atoms with van der Waals surface area (Å²) in [7, 11) is -1.18. The van der Waals surface area contributed by atoms with Crippen LogP contribution >= 0.6 is 0 Å². The van der Waals surface area contributed by atoms with Crippen molar-refractivity contribution in [2.45, 2.75) is 32.1 Å². The van der Waals surface area contributed by atoms with Gasteiger partial charge in [-0.1, -0.05) is 19.6 Å². The van der Waals surface area contributed by atoms with E-state index in [0.29, 0.717) is 12.5 Å². The van der Waals surface area contributed by atoms with E-state index >= 15 is 0 Å². The lowest BCUT2D eigenvalue weighted by molar-refractivity contribution is -0.385. The molecule has 0 spiro atoms. The molecule has 0 atom stereocenters. The highest BCUT2D eigenvalue weighted by molar-refractivity contribution is 6.76. The lowest BCUT2D eigenvalue weighted by Crippen LogP contribution is -2.22. The zero-order valence-corrected chi connectivity index (χ0v) is 12.3. The fraction of sp³-hybridized carbons (Fsp3) is 0.500. The summed E-state index contributed by atoms with van der Waals surface area (Å²) in [5.41, 5.74) is 0.0112. The van der Waals surface area contributed by atoms with Crippen LogP contribution in [0.5, 0.6) is 5.88 Å². The minimum atomic E-state index is -1.18. The van der Waals surface area contributed by atoms with E-state index in [0.717, 1.165) is 6.04 Å². The van der Waals surface area contributed by atoms with Crippen molar-refractivity contribution in [3.8, 4) is 11.9 Å². The smallest absolute Gasteiger partial charge is 0.292 e. The number of hydrogen-bond donors (Lipinski definition) is 0. The van der Waals surface area contributed by atoms with Crippen LogP contribution in [0.15, 0.2) is 12.1 Å². The van der Waals surface area contributed by atoms with Gasteiger partial charge in [0.15, 0.2) is 0 Å². The maximum Gasteiger partial charge on any atom is 0.292 e. The predicted molar refractivity (Wildman–Crippen MR) is 73.9 cm³/mol. The van der Waals surface area contributed by atoms with E-state index in [1.165, 1.54) is 12.1 Å². The van der Waals surface area contributed by atoms with Crippen LogP contribution in [-0.2, 0) is 6.42 Å². The summed E-state index contributed by atoms with van der Waals surface area (Å²) in [6.07, 6.45) is -0.0957. The SMILES string of the molecule is C[Si](C)(C)CCOc1ccc([N+](=O)[O-])c(CC#N)n1. The third-order valence-electron chi connectivity index (χ3n) is 2.47. The highest BCUT2D eigenvalue weighted by Crippen LogP contribution is 2.21. The molecule has 1 aromatic rings. The Bertz CT molecular complexity index is 506. The molecule has 0 saturated carbocycles. The number of hydrogen-bond acceptors (Lipinski definition) is 5. The van der Waals surface area contributed by atoms with E-state index in [9.17, 15) is 10.1 Å². The Labute approximate surface area is 113 Å². The summed E-state index contributed by atoms with van der Waals surface area (Å²) < 4.78 is 5.50. The van der Waals surface area contributed by atoms with Gasteiger partial charge in [0.05, 0.1) is 24.0 Å². The normalized spacial score (nSPS) is 10.8. The lowest BCUT2D eigenvalue weighted by Gasteiger charge is -2.15. The quantitative estimate of drug-likeness (QED) is 0.454. The van der Waals surface area contributed by atoms with Crippen LogP contribution in [0.4, 0.5) is 5.69 Å². The lowest BCUT2D eigenvalue weighted by atomic mass is 10.2. The predicted octanol–water partition coefficient (Wildman–Crippen LogP) is 2.77. The molecule has 0 aromatic carbocycles. The van der Waals surface area contributed by atoms with Gasteiger partial charge in [-0.15, -0.1) is 0 Å². The molecule has 0 amide bonds. The number of nitrogens with zero attached hydrogens (tertiary/aromatic N) is 3. The average Bonchev–Trinajstić information content (AvgIpc) is 2.27. The maximum atomic E-state index is 10.8. The van der Waals surface area contributed by atoms with Gasteiger partial charge in [0.25, 0.3) is 5.69 Å². The maximum absolute atomic E-state index is 10.8. The molecule has 0 saturated heterocycles. The van der Waals surface area contributed by atoms with Gasteiger partial charge in [-0.25, -0.2) is 4.98 Å². The first-order valence-corrected chi connectivity index (χ1v) is 9.68. The summed E-state index contributed by atoms with van der Waals surface area (Å²) in [6.45, 7) is 7.26. The Morgan fingerprint density at radius 1 is 1.47 bits per heavy atom. The minimum Gasteiger partial charge on any atom is -0.478 e. The summed E-state index contributed by atoms with van der Waals surface area (Å²) in [4.78, 5) is 14.3. The van der Waals surface area contributed by atoms with Crippen LogP contribution in [0.2, 0.25) is 25.7 Å². The van der Waals surface area contributed by atoms with Crippen LogP contribution in [0.1, 0.15) is 5.69 Å². The van der Waals surface area contributed by atoms with Gasteiger partial charge in [-0.05, 0) is 6.04 Å². The molecule has 1 rings (SSSR count). The Balaban J connectivity index is 2.79. The van der Waals surface area contributed by atoms with Gasteiger partial charge in [0, 0.05) is 20.2 Å². The van der Waals surface area contributed by atoms with Gasteiger partial charge in [-0.3, -0.25) is 10.1 Å². The van der Waals surface area contributed by atoms with E-state index in [1.807, 2.05) is 6.07 Å². The molecule has 6 nitrogen and oxygen atoms in total. The van der Waals surface area contributed by atoms with Gasteiger partial charge >= 0.3 is 0 Å². The van der Waals surface area contributed by atoms with Gasteiger partial charge in [-0.2, -0.15) is 5.26 Å². The van der Waals surface area contributed by atoms with Crippen LogP contribution in [0.25, 0.3) is 0 Å². The zero-order valence-electron chi connectivity index (χ0n) is 11.3. The third kappa shape index (κ3) is 5.05. The van der Waals surface area contributed by atoms with Gasteiger partial charge < -0.3 is 4.74 Å². The fourth-order valence-corrected chi connectivity index (χ4v) is 2.10. The minimum absolute atomic E-state index is 0.0957. The van der Waals surface area contributed by atoms with Crippen molar-refractivity contribution in [2.24, 2.45) is 0 Å². The Hall–Kier alpha value is -1.94. The van der Waals surface area contributed by atoms with Crippen molar-refractivity contribution in [3.63, 3.8) is 0 Å². The molecule has 1 aromatic heterocycles. The Morgan fingerprint density at radius 2 is 2.16 bits per heavy atom. The zero-order chi connectivity index (χ0) is 14.5. The molecule has 0 radical (unpaired) electrons. The Kier molecular flexibility index (Phi) is 5.00. The molecule has 7 heteroatoms. The van der Waals surface area contributed by atoms with Gasteiger partial charge in [0.2, 0.25) is 5.88 Å². The van der Waals surface area contributed by atoms with Crippen LogP contribution < -0.4 is 4.74 Å². The molecule has 0 fully saturated rings. The monoisotopic (exact) mass is 279 g/mol. The van der Waals surface area contributed by atoms with E-state index in [4.69, 9.17) is 10.00 Å². The number of ether oxygens (including phenoxy) is 1. The van der Waals surface area contributed by atoms with E-state index in [2.05, 4.69) is 24.6 Å². The van der Waals surface area contributed by atoms with Crippen molar-refractivity contribution in [1.82, 2.24) is 4.98 Å². The van der Waals surface area contributed by atoms with E-state index in [1.54, 1.807) is 0 Å². The summed E-state index contributed by atoms with van der Waals surface area (Å²) >= 11 is 0. The van der Waals surface area contributed by atoms with Gasteiger partial charge in [0.1, 0.15) is 5.69 Å². The largest absolute Gasteiger partial charge is 0.478 e. The second kappa shape index (κ2) is 6.29. The highest BCUT2D eigenvalue weighted by Gasteiger charge is 2.17. The second-order valence-corrected chi connectivity index (χ2v) is 11.0. The molecule has 19 heavy (non-hydrogen) atoms. The summed E-state index contributed by atoms with van der Waals surface area (Å²) in [5.74, 6) is 0.342. The van der Waals surface area contributed by atoms with Crippen molar-refractivity contribution in [1.29, 1.82) is 5.26 Å². The second-order valence-electron chi connectivity index (χ2n) is 5.37. The van der Waals surface area contributed by atoms with E-state index < -0.39 is 13.0 Å². The molecule has 0 N–H and O–H groups in total. The number of rotatable bonds is 6. The standard InChI is InChI=1S/C12H17N3O3Si/c1-19(2,3)9-8-18-12-5-4-11(15(16)17)10(14-12)6-7-13/h4-5H,6,8-9H2,1-3H3. The first kappa shape index (κ1) is 15.1. The van der Waals surface area contributed by atoms with Crippen LogP contribution in [-0.4, -0.2) is 24.6 Å². The molecule has 0 aliphatic heterocycles. The van der Waals surface area contributed by atoms with Crippen molar-refractivity contribution < 1.29 is 9.66 Å². The fourth-order valence-electron chi connectivity index (χ4n) is 1.39.